The number of oxime groups is 1. The molecule has 1 aliphatic heterocycles. The number of methoxy groups -OCH3 is 3. The molecule has 182 valence electrons. The Morgan fingerprint density at radius 2 is 1.35 bits per heavy atom. The first-order valence-corrected chi connectivity index (χ1v) is 10.5. The minimum atomic E-state index is -4.36. The number of nitrogens with zero attached hydrogens (tertiary/aromatic N) is 1. The second-order valence-electron chi connectivity index (χ2n) is 7.60. The molecule has 1 heterocycles. The molecule has 6 nitrogen and oxygen atoms in total. The van der Waals surface area contributed by atoms with E-state index in [-0.39, 0.29) is 18.3 Å². The lowest BCUT2D eigenvalue weighted by Gasteiger charge is -2.42. The molecule has 0 saturated carbocycles. The first-order valence-electron chi connectivity index (χ1n) is 10.5. The van der Waals surface area contributed by atoms with Gasteiger partial charge in [-0.3, -0.25) is 0 Å². The van der Waals surface area contributed by atoms with Crippen molar-refractivity contribution in [2.45, 2.75) is 43.8 Å². The molecule has 3 rings (SSSR count). The van der Waals surface area contributed by atoms with Gasteiger partial charge in [0.25, 0.3) is 6.29 Å². The molecule has 5 atom stereocenters. The molecule has 0 N–H and O–H groups in total. The Morgan fingerprint density at radius 3 is 1.85 bits per heavy atom. The first-order chi connectivity index (χ1) is 16.3. The maximum atomic E-state index is 12.6. The summed E-state index contributed by atoms with van der Waals surface area (Å²) in [6, 6.07) is 11.9. The summed E-state index contributed by atoms with van der Waals surface area (Å²) >= 11 is 0. The van der Waals surface area contributed by atoms with E-state index in [1.165, 1.54) is 25.5 Å². The lowest BCUT2D eigenvalue weighted by molar-refractivity contribution is -0.305. The topological polar surface area (TPSA) is 58.5 Å². The second kappa shape index (κ2) is 11.5. The lowest BCUT2D eigenvalue weighted by atomic mass is 9.99. The van der Waals surface area contributed by atoms with Gasteiger partial charge in [-0.05, 0) is 48.9 Å². The van der Waals surface area contributed by atoms with Crippen molar-refractivity contribution in [3.8, 4) is 11.8 Å². The third kappa shape index (κ3) is 6.36. The smallest absolute Gasteiger partial charge is 0.376 e. The lowest BCUT2D eigenvalue weighted by Crippen LogP contribution is -2.59. The third-order valence-electron chi connectivity index (χ3n) is 5.38. The fourth-order valence-electron chi connectivity index (χ4n) is 3.59. The van der Waals surface area contributed by atoms with Gasteiger partial charge in [-0.25, -0.2) is 0 Å². The largest absolute Gasteiger partial charge is 0.416 e. The van der Waals surface area contributed by atoms with Crippen molar-refractivity contribution in [3.63, 3.8) is 0 Å². The van der Waals surface area contributed by atoms with Gasteiger partial charge in [-0.15, -0.1) is 0 Å². The molecule has 9 heteroatoms. The summed E-state index contributed by atoms with van der Waals surface area (Å²) in [4.78, 5) is 5.53. The van der Waals surface area contributed by atoms with Crippen molar-refractivity contribution in [2.24, 2.45) is 5.16 Å². The van der Waals surface area contributed by atoms with E-state index in [0.717, 1.165) is 17.7 Å². The Kier molecular flexibility index (Phi) is 8.69. The van der Waals surface area contributed by atoms with Gasteiger partial charge >= 0.3 is 6.18 Å². The molecule has 0 aliphatic carbocycles. The van der Waals surface area contributed by atoms with Gasteiger partial charge in [0.1, 0.15) is 12.2 Å². The molecule has 0 spiro atoms. The zero-order valence-electron chi connectivity index (χ0n) is 19.2. The Labute approximate surface area is 196 Å². The molecule has 0 unspecified atom stereocenters. The van der Waals surface area contributed by atoms with Crippen molar-refractivity contribution in [1.29, 1.82) is 0 Å². The second-order valence-corrected chi connectivity index (χ2v) is 7.60. The minimum Gasteiger partial charge on any atom is -0.376 e. The number of rotatable bonds is 6. The fraction of sp³-hybridized carbons (Fsp3) is 0.400. The van der Waals surface area contributed by atoms with E-state index in [1.807, 2.05) is 6.92 Å². The third-order valence-corrected chi connectivity index (χ3v) is 5.38. The van der Waals surface area contributed by atoms with Crippen LogP contribution in [0.15, 0.2) is 53.7 Å². The quantitative estimate of drug-likeness (QED) is 0.354. The van der Waals surface area contributed by atoms with Gasteiger partial charge in [0, 0.05) is 32.5 Å². The van der Waals surface area contributed by atoms with Gasteiger partial charge in [0.05, 0.1) is 17.9 Å². The molecule has 0 bridgehead atoms. The Balaban J connectivity index is 1.60. The van der Waals surface area contributed by atoms with Crippen molar-refractivity contribution in [1.82, 2.24) is 0 Å². The van der Waals surface area contributed by atoms with Gasteiger partial charge < -0.3 is 23.8 Å². The van der Waals surface area contributed by atoms with Gasteiger partial charge in [0.15, 0.2) is 6.10 Å². The highest BCUT2D eigenvalue weighted by Gasteiger charge is 2.46. The maximum absolute atomic E-state index is 12.6. The molecule has 2 aromatic rings. The zero-order valence-corrected chi connectivity index (χ0v) is 19.2. The van der Waals surface area contributed by atoms with E-state index < -0.39 is 24.1 Å². The minimum absolute atomic E-state index is 0.288. The van der Waals surface area contributed by atoms with Crippen molar-refractivity contribution < 1.29 is 37.0 Å². The van der Waals surface area contributed by atoms with Crippen LogP contribution < -0.4 is 0 Å². The normalized spacial score (nSPS) is 25.1. The molecule has 0 amide bonds. The van der Waals surface area contributed by atoms with Crippen molar-refractivity contribution in [3.05, 3.63) is 70.8 Å². The predicted octanol–water partition coefficient (Wildman–Crippen LogP) is 4.25. The molecule has 1 saturated heterocycles. The van der Waals surface area contributed by atoms with Crippen LogP contribution in [0.3, 0.4) is 0 Å². The molecule has 0 radical (unpaired) electrons. The number of ether oxygens (including phenoxy) is 4. The number of halogens is 3. The SMILES string of the molecule is CO[C@@H]1[C@@H](OC)[C@H](C)O[C@@H](ON=Cc2ccc(C#Cc3ccc(C(F)(F)F)cc3)cc2)[C@@H]1OC. The summed E-state index contributed by atoms with van der Waals surface area (Å²) in [5, 5.41) is 4.01. The van der Waals surface area contributed by atoms with Gasteiger partial charge in [-0.2, -0.15) is 13.2 Å². The monoisotopic (exact) mass is 477 g/mol. The average molecular weight is 477 g/mol. The van der Waals surface area contributed by atoms with Crippen molar-refractivity contribution in [2.75, 3.05) is 21.3 Å². The highest BCUT2D eigenvalue weighted by atomic mass is 19.4. The predicted molar refractivity (Wildman–Crippen MR) is 119 cm³/mol. The maximum Gasteiger partial charge on any atom is 0.416 e. The Bertz CT molecular complexity index is 1010. The molecule has 34 heavy (non-hydrogen) atoms. The van der Waals surface area contributed by atoms with Crippen LogP contribution in [0, 0.1) is 11.8 Å². The summed E-state index contributed by atoms with van der Waals surface area (Å²) < 4.78 is 60.2. The summed E-state index contributed by atoms with van der Waals surface area (Å²) in [5.41, 5.74) is 1.25. The van der Waals surface area contributed by atoms with E-state index in [1.54, 1.807) is 38.5 Å². The number of alkyl halides is 3. The average Bonchev–Trinajstić information content (AvgIpc) is 2.82. The Hall–Kier alpha value is -2.90. The summed E-state index contributed by atoms with van der Waals surface area (Å²) in [7, 11) is 4.69. The van der Waals surface area contributed by atoms with Gasteiger partial charge in [-0.1, -0.05) is 29.1 Å². The zero-order chi connectivity index (χ0) is 24.7. The van der Waals surface area contributed by atoms with Crippen LogP contribution >= 0.6 is 0 Å². The Morgan fingerprint density at radius 1 is 0.824 bits per heavy atom. The molecule has 0 aromatic heterocycles. The van der Waals surface area contributed by atoms with E-state index in [2.05, 4.69) is 17.0 Å². The van der Waals surface area contributed by atoms with E-state index in [9.17, 15) is 13.2 Å². The van der Waals surface area contributed by atoms with Crippen LogP contribution in [-0.2, 0) is 30.0 Å². The molecule has 1 fully saturated rings. The highest BCUT2D eigenvalue weighted by molar-refractivity contribution is 5.79. The van der Waals surface area contributed by atoms with Crippen LogP contribution in [0.25, 0.3) is 0 Å². The number of hydrogen-bond acceptors (Lipinski definition) is 6. The van der Waals surface area contributed by atoms with Crippen LogP contribution in [-0.4, -0.2) is 58.2 Å². The van der Waals surface area contributed by atoms with Crippen molar-refractivity contribution >= 4 is 6.21 Å². The number of benzene rings is 2. The standard InChI is InChI=1S/C25H26F3NO5/c1-16-21(30-2)22(31-3)23(32-4)24(33-16)34-29-15-19-9-7-17(8-10-19)5-6-18-11-13-20(14-12-18)25(26,27)28/h7-16,21-24H,1-4H3/t16-,21-,22+,23+,24-/m0/s1. The summed E-state index contributed by atoms with van der Waals surface area (Å²) in [6.45, 7) is 1.86. The molecule has 2 aromatic carbocycles. The van der Waals surface area contributed by atoms with Gasteiger partial charge in [0.2, 0.25) is 0 Å². The van der Waals surface area contributed by atoms with E-state index in [4.69, 9.17) is 23.8 Å². The van der Waals surface area contributed by atoms with E-state index in [0.29, 0.717) is 11.1 Å². The van der Waals surface area contributed by atoms with Crippen LogP contribution in [0.5, 0.6) is 0 Å². The van der Waals surface area contributed by atoms with Crippen LogP contribution in [0.1, 0.15) is 29.2 Å². The summed E-state index contributed by atoms with van der Waals surface area (Å²) in [6.07, 6.45) is -5.14. The molecular formula is C25H26F3NO5. The van der Waals surface area contributed by atoms with Crippen LogP contribution in [0.2, 0.25) is 0 Å². The summed E-state index contributed by atoms with van der Waals surface area (Å²) in [5.74, 6) is 5.77. The number of hydrogen-bond donors (Lipinski definition) is 0. The fourth-order valence-corrected chi connectivity index (χ4v) is 3.59. The first kappa shape index (κ1) is 25.7. The van der Waals surface area contributed by atoms with Crippen LogP contribution in [0.4, 0.5) is 13.2 Å². The molecular weight excluding hydrogens is 451 g/mol. The molecule has 1 aliphatic rings. The van der Waals surface area contributed by atoms with E-state index >= 15 is 0 Å². The highest BCUT2D eigenvalue weighted by Crippen LogP contribution is 2.29.